The van der Waals surface area contributed by atoms with Crippen molar-refractivity contribution in [3.63, 3.8) is 0 Å². The molecule has 0 saturated carbocycles. The number of nitrogens with one attached hydrogen (secondary N) is 2. The minimum absolute atomic E-state index is 0.212. The molecule has 0 aliphatic heterocycles. The summed E-state index contributed by atoms with van der Waals surface area (Å²) in [5.41, 5.74) is 1.08. The Bertz CT molecular complexity index is 571. The van der Waals surface area contributed by atoms with Crippen LogP contribution >= 0.6 is 0 Å². The van der Waals surface area contributed by atoms with Gasteiger partial charge in [0, 0.05) is 25.8 Å². The van der Waals surface area contributed by atoms with Crippen LogP contribution in [-0.4, -0.2) is 48.6 Å². The van der Waals surface area contributed by atoms with Crippen molar-refractivity contribution in [3.05, 3.63) is 47.9 Å². The van der Waals surface area contributed by atoms with E-state index in [2.05, 4.69) is 25.5 Å². The lowest BCUT2D eigenvalue weighted by Crippen LogP contribution is -2.21. The van der Waals surface area contributed by atoms with Gasteiger partial charge in [0.1, 0.15) is 11.6 Å². The number of rotatable bonds is 8. The molecule has 22 heavy (non-hydrogen) atoms. The van der Waals surface area contributed by atoms with Crippen LogP contribution in [-0.2, 0) is 6.42 Å². The molecule has 0 saturated heterocycles. The molecular weight excluding hydrogens is 281 g/mol. The Morgan fingerprint density at radius 2 is 1.82 bits per heavy atom. The van der Waals surface area contributed by atoms with Crippen molar-refractivity contribution in [2.24, 2.45) is 0 Å². The quantitative estimate of drug-likeness (QED) is 0.783. The number of hydrogen-bond acceptors (Lipinski definition) is 5. The number of aromatic nitrogens is 2. The van der Waals surface area contributed by atoms with Crippen LogP contribution in [0.15, 0.2) is 36.5 Å². The summed E-state index contributed by atoms with van der Waals surface area (Å²) in [5.74, 6) is 1.19. The van der Waals surface area contributed by atoms with Gasteiger partial charge < -0.3 is 15.5 Å². The van der Waals surface area contributed by atoms with E-state index in [9.17, 15) is 4.39 Å². The van der Waals surface area contributed by atoms with E-state index < -0.39 is 0 Å². The van der Waals surface area contributed by atoms with Crippen molar-refractivity contribution in [1.82, 2.24) is 14.9 Å². The largest absolute Gasteiger partial charge is 0.369 e. The molecule has 0 aliphatic carbocycles. The summed E-state index contributed by atoms with van der Waals surface area (Å²) in [5, 5.41) is 6.44. The van der Waals surface area contributed by atoms with E-state index >= 15 is 0 Å². The molecule has 0 atom stereocenters. The highest BCUT2D eigenvalue weighted by Gasteiger charge is 2.00. The van der Waals surface area contributed by atoms with Crippen LogP contribution in [0.2, 0.25) is 0 Å². The third kappa shape index (κ3) is 5.65. The van der Waals surface area contributed by atoms with Crippen LogP contribution in [0.5, 0.6) is 0 Å². The Balaban J connectivity index is 1.78. The van der Waals surface area contributed by atoms with Gasteiger partial charge >= 0.3 is 0 Å². The van der Waals surface area contributed by atoms with E-state index in [-0.39, 0.29) is 5.82 Å². The smallest absolute Gasteiger partial charge is 0.224 e. The molecule has 1 aromatic carbocycles. The summed E-state index contributed by atoms with van der Waals surface area (Å²) < 4.78 is 12.8. The van der Waals surface area contributed by atoms with Gasteiger partial charge in [0.05, 0.1) is 0 Å². The van der Waals surface area contributed by atoms with Crippen LogP contribution in [0.1, 0.15) is 5.56 Å². The highest BCUT2D eigenvalue weighted by atomic mass is 19.1. The second-order valence-corrected chi connectivity index (χ2v) is 5.30. The zero-order chi connectivity index (χ0) is 15.8. The number of likely N-dealkylation sites (N-methyl/N-ethyl adjacent to an activating group) is 1. The average Bonchev–Trinajstić information content (AvgIpc) is 2.49. The predicted octanol–water partition coefficient (Wildman–Crippen LogP) is 2.24. The average molecular weight is 303 g/mol. The first kappa shape index (κ1) is 16.2. The highest BCUT2D eigenvalue weighted by molar-refractivity contribution is 5.39. The molecule has 2 rings (SSSR count). The molecule has 0 bridgehead atoms. The van der Waals surface area contributed by atoms with Gasteiger partial charge in [-0.15, -0.1) is 0 Å². The van der Waals surface area contributed by atoms with Crippen molar-refractivity contribution in [2.75, 3.05) is 44.4 Å². The number of nitrogens with zero attached hydrogens (tertiary/aromatic N) is 3. The van der Waals surface area contributed by atoms with Gasteiger partial charge in [-0.05, 0) is 44.3 Å². The lowest BCUT2D eigenvalue weighted by Gasteiger charge is -2.11. The van der Waals surface area contributed by atoms with E-state index in [0.29, 0.717) is 12.5 Å². The van der Waals surface area contributed by atoms with Gasteiger partial charge in [0.15, 0.2) is 0 Å². The molecule has 0 fully saturated rings. The predicted molar refractivity (Wildman–Crippen MR) is 87.7 cm³/mol. The molecule has 1 aromatic heterocycles. The van der Waals surface area contributed by atoms with Gasteiger partial charge in [0.25, 0.3) is 0 Å². The molecule has 2 aromatic rings. The highest BCUT2D eigenvalue weighted by Crippen LogP contribution is 2.07. The van der Waals surface area contributed by atoms with Gasteiger partial charge in [-0.1, -0.05) is 12.1 Å². The van der Waals surface area contributed by atoms with Crippen molar-refractivity contribution < 1.29 is 4.39 Å². The normalized spacial score (nSPS) is 10.7. The van der Waals surface area contributed by atoms with Gasteiger partial charge in [-0.25, -0.2) is 9.37 Å². The first-order valence-corrected chi connectivity index (χ1v) is 7.33. The molecule has 5 nitrogen and oxygen atoms in total. The van der Waals surface area contributed by atoms with Crippen molar-refractivity contribution in [3.8, 4) is 0 Å². The number of benzene rings is 1. The van der Waals surface area contributed by atoms with Crippen molar-refractivity contribution in [2.45, 2.75) is 6.42 Å². The minimum atomic E-state index is -0.212. The van der Waals surface area contributed by atoms with E-state index in [1.807, 2.05) is 20.2 Å². The summed E-state index contributed by atoms with van der Waals surface area (Å²) in [6.07, 6.45) is 2.52. The zero-order valence-corrected chi connectivity index (χ0v) is 13.0. The number of anilines is 2. The maximum absolute atomic E-state index is 12.8. The standard InChI is InChI=1S/C16H22FN5/c1-22(2)12-11-18-15-8-10-20-16(21-15)19-9-7-13-3-5-14(17)6-4-13/h3-6,8,10H,7,9,11-12H2,1-2H3,(H2,18,19,20,21). The Labute approximate surface area is 130 Å². The fourth-order valence-corrected chi connectivity index (χ4v) is 1.92. The van der Waals surface area contributed by atoms with Gasteiger partial charge in [-0.3, -0.25) is 0 Å². The summed E-state index contributed by atoms with van der Waals surface area (Å²) in [7, 11) is 4.06. The molecule has 0 radical (unpaired) electrons. The molecule has 0 spiro atoms. The molecule has 0 aliphatic rings. The van der Waals surface area contributed by atoms with Crippen LogP contribution in [0.4, 0.5) is 16.2 Å². The lowest BCUT2D eigenvalue weighted by molar-refractivity contribution is 0.425. The molecule has 1 heterocycles. The summed E-state index contributed by atoms with van der Waals surface area (Å²) >= 11 is 0. The van der Waals surface area contributed by atoms with Gasteiger partial charge in [-0.2, -0.15) is 4.98 Å². The second-order valence-electron chi connectivity index (χ2n) is 5.30. The summed E-state index contributed by atoms with van der Waals surface area (Å²) in [6.45, 7) is 2.48. The van der Waals surface area contributed by atoms with Crippen LogP contribution < -0.4 is 10.6 Å². The monoisotopic (exact) mass is 303 g/mol. The molecule has 0 amide bonds. The molecular formula is C16H22FN5. The fourth-order valence-electron chi connectivity index (χ4n) is 1.92. The van der Waals surface area contributed by atoms with E-state index in [4.69, 9.17) is 0 Å². The SMILES string of the molecule is CN(C)CCNc1ccnc(NCCc2ccc(F)cc2)n1. The molecule has 0 unspecified atom stereocenters. The Kier molecular flexibility index (Phi) is 6.09. The van der Waals surface area contributed by atoms with Crippen LogP contribution in [0, 0.1) is 5.82 Å². The van der Waals surface area contributed by atoms with Crippen molar-refractivity contribution >= 4 is 11.8 Å². The molecule has 6 heteroatoms. The first-order valence-electron chi connectivity index (χ1n) is 7.33. The molecule has 2 N–H and O–H groups in total. The van der Waals surface area contributed by atoms with E-state index in [1.54, 1.807) is 18.3 Å². The second kappa shape index (κ2) is 8.29. The van der Waals surface area contributed by atoms with Gasteiger partial charge in [0.2, 0.25) is 5.95 Å². The van der Waals surface area contributed by atoms with Crippen molar-refractivity contribution in [1.29, 1.82) is 0 Å². The van der Waals surface area contributed by atoms with Crippen LogP contribution in [0.3, 0.4) is 0 Å². The Morgan fingerprint density at radius 1 is 1.05 bits per heavy atom. The Morgan fingerprint density at radius 3 is 2.55 bits per heavy atom. The summed E-state index contributed by atoms with van der Waals surface area (Å²) in [4.78, 5) is 10.7. The third-order valence-electron chi connectivity index (χ3n) is 3.13. The number of halogens is 1. The summed E-state index contributed by atoms with van der Waals surface area (Å²) in [6, 6.07) is 8.37. The maximum Gasteiger partial charge on any atom is 0.224 e. The fraction of sp³-hybridized carbons (Fsp3) is 0.375. The van der Waals surface area contributed by atoms with Crippen LogP contribution in [0.25, 0.3) is 0 Å². The van der Waals surface area contributed by atoms with E-state index in [0.717, 1.165) is 30.9 Å². The first-order chi connectivity index (χ1) is 10.6. The molecule has 118 valence electrons. The lowest BCUT2D eigenvalue weighted by atomic mass is 10.1. The Hall–Kier alpha value is -2.21. The maximum atomic E-state index is 12.8. The zero-order valence-electron chi connectivity index (χ0n) is 13.0. The van der Waals surface area contributed by atoms with E-state index in [1.165, 1.54) is 12.1 Å². The third-order valence-corrected chi connectivity index (χ3v) is 3.13. The topological polar surface area (TPSA) is 53.1 Å². The minimum Gasteiger partial charge on any atom is -0.369 e. The number of hydrogen-bond donors (Lipinski definition) is 2.